The Labute approximate surface area is 194 Å². The molecule has 8 heteroatoms. The van der Waals surface area contributed by atoms with E-state index in [1.54, 1.807) is 25.3 Å². The zero-order chi connectivity index (χ0) is 24.1. The summed E-state index contributed by atoms with van der Waals surface area (Å²) >= 11 is 0. The molecule has 0 aliphatic heterocycles. The molecule has 1 aromatic heterocycles. The zero-order valence-corrected chi connectivity index (χ0v) is 20.1. The van der Waals surface area contributed by atoms with Crippen LogP contribution in [0.5, 0.6) is 11.5 Å². The van der Waals surface area contributed by atoms with Crippen LogP contribution in [0.25, 0.3) is 11.0 Å². The van der Waals surface area contributed by atoms with Crippen molar-refractivity contribution in [3.8, 4) is 11.5 Å². The fraction of sp³-hybridized carbons (Fsp3) is 0.400. The number of fused-ring (bicyclic) bond motifs is 1. The molecule has 0 aliphatic carbocycles. The summed E-state index contributed by atoms with van der Waals surface area (Å²) in [6.45, 7) is 8.36. The second-order valence-corrected chi connectivity index (χ2v) is 8.34. The second-order valence-electron chi connectivity index (χ2n) is 8.34. The summed E-state index contributed by atoms with van der Waals surface area (Å²) in [4.78, 5) is 32.5. The van der Waals surface area contributed by atoms with E-state index in [-0.39, 0.29) is 37.0 Å². The first-order valence-electron chi connectivity index (χ1n) is 11.0. The number of rotatable bonds is 9. The van der Waals surface area contributed by atoms with Crippen LogP contribution in [-0.2, 0) is 17.9 Å². The molecule has 2 aromatic carbocycles. The summed E-state index contributed by atoms with van der Waals surface area (Å²) in [5, 5.41) is 2.91. The minimum atomic E-state index is -0.271. The number of amides is 2. The highest BCUT2D eigenvalue weighted by Gasteiger charge is 2.23. The van der Waals surface area contributed by atoms with Gasteiger partial charge >= 0.3 is 0 Å². The van der Waals surface area contributed by atoms with Crippen LogP contribution in [0.15, 0.2) is 42.5 Å². The molecule has 3 rings (SSSR count). The van der Waals surface area contributed by atoms with Crippen LogP contribution in [0.4, 0.5) is 0 Å². The molecule has 0 bridgehead atoms. The molecule has 0 aliphatic rings. The number of benzene rings is 2. The van der Waals surface area contributed by atoms with Gasteiger partial charge in [-0.2, -0.15) is 0 Å². The van der Waals surface area contributed by atoms with Crippen molar-refractivity contribution in [2.24, 2.45) is 0 Å². The Morgan fingerprint density at radius 1 is 1.00 bits per heavy atom. The number of methoxy groups -OCH3 is 2. The maximum absolute atomic E-state index is 13.1. The molecule has 0 spiro atoms. The third kappa shape index (κ3) is 5.27. The van der Waals surface area contributed by atoms with Gasteiger partial charge in [0.25, 0.3) is 5.91 Å². The Balaban J connectivity index is 1.85. The van der Waals surface area contributed by atoms with Crippen molar-refractivity contribution in [1.82, 2.24) is 19.8 Å². The lowest BCUT2D eigenvalue weighted by Crippen LogP contribution is -2.44. The maximum Gasteiger partial charge on any atom is 0.251 e. The summed E-state index contributed by atoms with van der Waals surface area (Å²) in [5.41, 5.74) is 2.08. The minimum absolute atomic E-state index is 0.00983. The average molecular weight is 453 g/mol. The molecule has 0 saturated heterocycles. The molecule has 8 nitrogen and oxygen atoms in total. The topological polar surface area (TPSA) is 85.7 Å². The SMILES string of the molecule is COc1ccc(C(=O)NCc2nc3ccccc3n2CC(=O)N(C(C)C)C(C)C)cc1OC. The van der Waals surface area contributed by atoms with E-state index >= 15 is 0 Å². The first kappa shape index (κ1) is 24.1. The molecule has 1 heterocycles. The molecule has 0 radical (unpaired) electrons. The second kappa shape index (κ2) is 10.4. The van der Waals surface area contributed by atoms with Gasteiger partial charge in [0.2, 0.25) is 5.91 Å². The normalized spacial score (nSPS) is 11.2. The fourth-order valence-electron chi connectivity index (χ4n) is 4.06. The standard InChI is InChI=1S/C25H32N4O4/c1-16(2)29(17(3)4)24(30)15-28-20-10-8-7-9-19(20)27-23(28)14-26-25(31)18-11-12-21(32-5)22(13-18)33-6/h7-13,16-17H,14-15H2,1-6H3,(H,26,31). The quantitative estimate of drug-likeness (QED) is 0.536. The van der Waals surface area contributed by atoms with Gasteiger partial charge in [0.15, 0.2) is 11.5 Å². The predicted molar refractivity (Wildman–Crippen MR) is 128 cm³/mol. The first-order chi connectivity index (χ1) is 15.8. The number of hydrogen-bond donors (Lipinski definition) is 1. The molecule has 0 fully saturated rings. The van der Waals surface area contributed by atoms with E-state index < -0.39 is 0 Å². The summed E-state index contributed by atoms with van der Waals surface area (Å²) in [6.07, 6.45) is 0. The minimum Gasteiger partial charge on any atom is -0.493 e. The lowest BCUT2D eigenvalue weighted by atomic mass is 10.2. The van der Waals surface area contributed by atoms with Crippen LogP contribution < -0.4 is 14.8 Å². The molecule has 2 amide bonds. The lowest BCUT2D eigenvalue weighted by Gasteiger charge is -2.31. The van der Waals surface area contributed by atoms with E-state index in [0.717, 1.165) is 11.0 Å². The summed E-state index contributed by atoms with van der Waals surface area (Å²) in [5.74, 6) is 1.38. The van der Waals surface area contributed by atoms with Crippen LogP contribution >= 0.6 is 0 Å². The maximum atomic E-state index is 13.1. The Bertz CT molecular complexity index is 1130. The zero-order valence-electron chi connectivity index (χ0n) is 20.1. The van der Waals surface area contributed by atoms with Gasteiger partial charge in [-0.3, -0.25) is 9.59 Å². The van der Waals surface area contributed by atoms with Gasteiger partial charge in [-0.25, -0.2) is 4.98 Å². The van der Waals surface area contributed by atoms with E-state index in [9.17, 15) is 9.59 Å². The Kier molecular flexibility index (Phi) is 7.58. The molecule has 0 saturated carbocycles. The number of nitrogens with zero attached hydrogens (tertiary/aromatic N) is 3. The summed E-state index contributed by atoms with van der Waals surface area (Å²) in [6, 6.07) is 12.8. The molecule has 1 N–H and O–H groups in total. The van der Waals surface area contributed by atoms with E-state index in [2.05, 4.69) is 10.3 Å². The molecule has 33 heavy (non-hydrogen) atoms. The smallest absolute Gasteiger partial charge is 0.251 e. The number of imidazole rings is 1. The lowest BCUT2D eigenvalue weighted by molar-refractivity contribution is -0.135. The van der Waals surface area contributed by atoms with Crippen molar-refractivity contribution >= 4 is 22.8 Å². The third-order valence-electron chi connectivity index (χ3n) is 5.48. The highest BCUT2D eigenvalue weighted by Crippen LogP contribution is 2.27. The van der Waals surface area contributed by atoms with Gasteiger partial charge in [-0.05, 0) is 58.0 Å². The van der Waals surface area contributed by atoms with Gasteiger partial charge in [0.1, 0.15) is 12.4 Å². The molecular weight excluding hydrogens is 420 g/mol. The van der Waals surface area contributed by atoms with E-state index in [4.69, 9.17) is 9.47 Å². The monoisotopic (exact) mass is 452 g/mol. The van der Waals surface area contributed by atoms with E-state index in [1.165, 1.54) is 7.11 Å². The number of nitrogens with one attached hydrogen (secondary N) is 1. The highest BCUT2D eigenvalue weighted by molar-refractivity contribution is 5.95. The number of aromatic nitrogens is 2. The van der Waals surface area contributed by atoms with Crippen molar-refractivity contribution in [2.75, 3.05) is 14.2 Å². The molecule has 3 aromatic rings. The van der Waals surface area contributed by atoms with Crippen molar-refractivity contribution in [2.45, 2.75) is 52.9 Å². The van der Waals surface area contributed by atoms with Crippen molar-refractivity contribution in [1.29, 1.82) is 0 Å². The Morgan fingerprint density at radius 2 is 1.67 bits per heavy atom. The van der Waals surface area contributed by atoms with E-state index in [0.29, 0.717) is 22.9 Å². The number of para-hydroxylation sites is 2. The van der Waals surface area contributed by atoms with E-state index in [1.807, 2.05) is 61.4 Å². The van der Waals surface area contributed by atoms with Gasteiger partial charge in [-0.15, -0.1) is 0 Å². The molecule has 176 valence electrons. The highest BCUT2D eigenvalue weighted by atomic mass is 16.5. The number of carbonyl (C=O) groups excluding carboxylic acids is 2. The Morgan fingerprint density at radius 3 is 2.30 bits per heavy atom. The average Bonchev–Trinajstić information content (AvgIpc) is 3.13. The summed E-state index contributed by atoms with van der Waals surface area (Å²) in [7, 11) is 3.07. The first-order valence-corrected chi connectivity index (χ1v) is 11.0. The van der Waals surface area contributed by atoms with Crippen LogP contribution in [0.1, 0.15) is 43.9 Å². The van der Waals surface area contributed by atoms with Crippen LogP contribution in [0.2, 0.25) is 0 Å². The summed E-state index contributed by atoms with van der Waals surface area (Å²) < 4.78 is 12.4. The third-order valence-corrected chi connectivity index (χ3v) is 5.48. The van der Waals surface area contributed by atoms with Gasteiger partial charge in [0, 0.05) is 17.6 Å². The molecular formula is C25H32N4O4. The number of carbonyl (C=O) groups is 2. The molecule has 0 unspecified atom stereocenters. The van der Waals surface area contributed by atoms with Gasteiger partial charge < -0.3 is 24.3 Å². The fourth-order valence-corrected chi connectivity index (χ4v) is 4.06. The van der Waals surface area contributed by atoms with Crippen molar-refractivity contribution < 1.29 is 19.1 Å². The number of ether oxygens (including phenoxy) is 2. The van der Waals surface area contributed by atoms with Gasteiger partial charge in [0.05, 0.1) is 31.8 Å². The van der Waals surface area contributed by atoms with Crippen LogP contribution in [0.3, 0.4) is 0 Å². The number of hydrogen-bond acceptors (Lipinski definition) is 5. The van der Waals surface area contributed by atoms with Crippen LogP contribution in [-0.4, -0.2) is 52.6 Å². The van der Waals surface area contributed by atoms with Gasteiger partial charge in [-0.1, -0.05) is 12.1 Å². The Hall–Kier alpha value is -3.55. The van der Waals surface area contributed by atoms with Crippen molar-refractivity contribution in [3.05, 3.63) is 53.9 Å². The predicted octanol–water partition coefficient (Wildman–Crippen LogP) is 3.63. The van der Waals surface area contributed by atoms with Crippen LogP contribution in [0, 0.1) is 0 Å². The molecule has 0 atom stereocenters. The largest absolute Gasteiger partial charge is 0.493 e. The van der Waals surface area contributed by atoms with Crippen molar-refractivity contribution in [3.63, 3.8) is 0 Å².